The first kappa shape index (κ1) is 11.4. The van der Waals surface area contributed by atoms with Gasteiger partial charge in [-0.15, -0.1) is 0 Å². The maximum absolute atomic E-state index is 12.7. The van der Waals surface area contributed by atoms with Gasteiger partial charge in [0, 0.05) is 0 Å². The Hall–Kier alpha value is -1.07. The van der Waals surface area contributed by atoms with Crippen LogP contribution < -0.4 is 0 Å². The highest BCUT2D eigenvalue weighted by molar-refractivity contribution is 5.18. The number of alkyl halides is 3. The average Bonchev–Trinajstić information content (AvgIpc) is 3.01. The third-order valence-corrected chi connectivity index (χ3v) is 2.25. The van der Waals surface area contributed by atoms with Crippen LogP contribution in [-0.4, -0.2) is 25.5 Å². The van der Waals surface area contributed by atoms with E-state index in [1.807, 2.05) is 0 Å². The molecule has 2 unspecified atom stereocenters. The Labute approximate surface area is 91.0 Å². The third-order valence-electron chi connectivity index (χ3n) is 2.25. The molecule has 0 bridgehead atoms. The molecule has 1 fully saturated rings. The van der Waals surface area contributed by atoms with E-state index in [1.54, 1.807) is 18.2 Å². The first-order valence-electron chi connectivity index (χ1n) is 4.92. The molecule has 16 heavy (non-hydrogen) atoms. The average molecular weight is 232 g/mol. The van der Waals surface area contributed by atoms with Gasteiger partial charge in [0.25, 0.3) is 0 Å². The predicted octanol–water partition coefficient (Wildman–Crippen LogP) is 2.71. The molecule has 1 aromatic carbocycles. The molecule has 2 atom stereocenters. The molecule has 1 heterocycles. The van der Waals surface area contributed by atoms with Crippen molar-refractivity contribution < 1.29 is 22.6 Å². The van der Waals surface area contributed by atoms with Crippen molar-refractivity contribution in [3.63, 3.8) is 0 Å². The molecule has 2 nitrogen and oxygen atoms in total. The summed E-state index contributed by atoms with van der Waals surface area (Å²) in [6.45, 7) is 0.471. The van der Waals surface area contributed by atoms with E-state index in [0.717, 1.165) is 0 Å². The van der Waals surface area contributed by atoms with E-state index in [-0.39, 0.29) is 18.3 Å². The molecule has 5 heteroatoms. The van der Waals surface area contributed by atoms with Gasteiger partial charge >= 0.3 is 6.18 Å². The van der Waals surface area contributed by atoms with E-state index in [9.17, 15) is 13.2 Å². The third kappa shape index (κ3) is 2.96. The Bertz CT molecular complexity index is 333. The van der Waals surface area contributed by atoms with Crippen LogP contribution in [0.2, 0.25) is 0 Å². The SMILES string of the molecule is FC(F)(F)C(OCC1CO1)c1ccccc1. The van der Waals surface area contributed by atoms with Crippen LogP contribution in [-0.2, 0) is 9.47 Å². The van der Waals surface area contributed by atoms with Crippen molar-refractivity contribution in [1.29, 1.82) is 0 Å². The Morgan fingerprint density at radius 2 is 1.94 bits per heavy atom. The maximum Gasteiger partial charge on any atom is 0.418 e. The molecule has 0 N–H and O–H groups in total. The van der Waals surface area contributed by atoms with E-state index in [0.29, 0.717) is 6.61 Å². The van der Waals surface area contributed by atoms with Crippen molar-refractivity contribution in [2.24, 2.45) is 0 Å². The van der Waals surface area contributed by atoms with Crippen LogP contribution in [0.25, 0.3) is 0 Å². The fourth-order valence-corrected chi connectivity index (χ4v) is 1.38. The van der Waals surface area contributed by atoms with E-state index >= 15 is 0 Å². The Kier molecular flexibility index (Phi) is 3.16. The number of ether oxygens (including phenoxy) is 2. The van der Waals surface area contributed by atoms with Gasteiger partial charge in [-0.2, -0.15) is 13.2 Å². The Balaban J connectivity index is 2.07. The van der Waals surface area contributed by atoms with E-state index in [2.05, 4.69) is 0 Å². The summed E-state index contributed by atoms with van der Waals surface area (Å²) < 4.78 is 47.8. The summed E-state index contributed by atoms with van der Waals surface area (Å²) in [5, 5.41) is 0. The lowest BCUT2D eigenvalue weighted by molar-refractivity contribution is -0.224. The fraction of sp³-hybridized carbons (Fsp3) is 0.455. The zero-order valence-corrected chi connectivity index (χ0v) is 8.41. The normalized spacial score (nSPS) is 21.8. The van der Waals surface area contributed by atoms with Crippen LogP contribution in [0.1, 0.15) is 11.7 Å². The zero-order valence-electron chi connectivity index (χ0n) is 8.41. The van der Waals surface area contributed by atoms with Crippen molar-refractivity contribution in [3.05, 3.63) is 35.9 Å². The number of hydrogen-bond acceptors (Lipinski definition) is 2. The Morgan fingerprint density at radius 3 is 2.44 bits per heavy atom. The van der Waals surface area contributed by atoms with Gasteiger partial charge in [-0.1, -0.05) is 30.3 Å². The topological polar surface area (TPSA) is 21.8 Å². The molecular formula is C11H11F3O2. The van der Waals surface area contributed by atoms with E-state index in [4.69, 9.17) is 9.47 Å². The molecule has 1 aliphatic rings. The molecule has 1 aliphatic heterocycles. The highest BCUT2D eigenvalue weighted by atomic mass is 19.4. The molecule has 0 aromatic heterocycles. The summed E-state index contributed by atoms with van der Waals surface area (Å²) in [6, 6.07) is 7.61. The molecular weight excluding hydrogens is 221 g/mol. The van der Waals surface area contributed by atoms with Crippen molar-refractivity contribution in [2.45, 2.75) is 18.4 Å². The standard InChI is InChI=1S/C11H11F3O2/c12-11(13,14)10(16-7-9-6-15-9)8-4-2-1-3-5-8/h1-5,9-10H,6-7H2. The minimum absolute atomic E-state index is 0.0148. The van der Waals surface area contributed by atoms with Crippen LogP contribution >= 0.6 is 0 Å². The molecule has 0 amide bonds. The number of benzene rings is 1. The summed E-state index contributed by atoms with van der Waals surface area (Å²) in [7, 11) is 0. The largest absolute Gasteiger partial charge is 0.418 e. The first-order valence-corrected chi connectivity index (χ1v) is 4.92. The molecule has 1 aromatic rings. The van der Waals surface area contributed by atoms with Crippen LogP contribution in [0, 0.1) is 0 Å². The minimum Gasteiger partial charge on any atom is -0.371 e. The number of hydrogen-bond donors (Lipinski definition) is 0. The monoisotopic (exact) mass is 232 g/mol. The lowest BCUT2D eigenvalue weighted by Crippen LogP contribution is -2.25. The van der Waals surface area contributed by atoms with Gasteiger partial charge in [-0.05, 0) is 5.56 Å². The van der Waals surface area contributed by atoms with Gasteiger partial charge in [0.15, 0.2) is 6.10 Å². The lowest BCUT2D eigenvalue weighted by atomic mass is 10.1. The van der Waals surface area contributed by atoms with Crippen LogP contribution in [0.4, 0.5) is 13.2 Å². The van der Waals surface area contributed by atoms with Gasteiger partial charge in [0.05, 0.1) is 13.2 Å². The minimum atomic E-state index is -4.39. The van der Waals surface area contributed by atoms with Crippen molar-refractivity contribution >= 4 is 0 Å². The summed E-state index contributed by atoms with van der Waals surface area (Å²) >= 11 is 0. The number of epoxide rings is 1. The Morgan fingerprint density at radius 1 is 1.31 bits per heavy atom. The molecule has 88 valence electrons. The number of halogens is 3. The highest BCUT2D eigenvalue weighted by Crippen LogP contribution is 2.36. The van der Waals surface area contributed by atoms with Gasteiger partial charge in [0.1, 0.15) is 6.10 Å². The number of rotatable bonds is 4. The highest BCUT2D eigenvalue weighted by Gasteiger charge is 2.42. The van der Waals surface area contributed by atoms with Crippen LogP contribution in [0.5, 0.6) is 0 Å². The van der Waals surface area contributed by atoms with Crippen molar-refractivity contribution in [2.75, 3.05) is 13.2 Å². The molecule has 1 saturated heterocycles. The van der Waals surface area contributed by atoms with Gasteiger partial charge in [-0.3, -0.25) is 0 Å². The second kappa shape index (κ2) is 4.43. The summed E-state index contributed by atoms with van der Waals surface area (Å²) in [4.78, 5) is 0. The second-order valence-electron chi connectivity index (χ2n) is 3.62. The van der Waals surface area contributed by atoms with Crippen molar-refractivity contribution in [1.82, 2.24) is 0 Å². The van der Waals surface area contributed by atoms with Gasteiger partial charge in [-0.25, -0.2) is 0 Å². The fourth-order valence-electron chi connectivity index (χ4n) is 1.38. The molecule has 0 radical (unpaired) electrons. The van der Waals surface area contributed by atoms with Crippen molar-refractivity contribution in [3.8, 4) is 0 Å². The summed E-state index contributed by atoms with van der Waals surface area (Å²) in [6.07, 6.45) is -6.43. The molecule has 0 aliphatic carbocycles. The summed E-state index contributed by atoms with van der Waals surface area (Å²) in [5.74, 6) is 0. The first-order chi connectivity index (χ1) is 7.57. The lowest BCUT2D eigenvalue weighted by Gasteiger charge is -2.20. The zero-order chi connectivity index (χ0) is 11.6. The predicted molar refractivity (Wildman–Crippen MR) is 50.9 cm³/mol. The molecule has 0 saturated carbocycles. The van der Waals surface area contributed by atoms with Crippen LogP contribution in [0.3, 0.4) is 0 Å². The smallest absolute Gasteiger partial charge is 0.371 e. The molecule has 0 spiro atoms. The summed E-state index contributed by atoms with van der Waals surface area (Å²) in [5.41, 5.74) is 0.121. The van der Waals surface area contributed by atoms with Gasteiger partial charge in [0.2, 0.25) is 0 Å². The van der Waals surface area contributed by atoms with Gasteiger partial charge < -0.3 is 9.47 Å². The van der Waals surface area contributed by atoms with Crippen LogP contribution in [0.15, 0.2) is 30.3 Å². The molecule has 2 rings (SSSR count). The van der Waals surface area contributed by atoms with E-state index < -0.39 is 12.3 Å². The van der Waals surface area contributed by atoms with E-state index in [1.165, 1.54) is 12.1 Å². The second-order valence-corrected chi connectivity index (χ2v) is 3.62. The maximum atomic E-state index is 12.7. The quantitative estimate of drug-likeness (QED) is 0.744.